The summed E-state index contributed by atoms with van der Waals surface area (Å²) in [6.07, 6.45) is 3.44. The Morgan fingerprint density at radius 2 is 1.72 bits per heavy atom. The molecular weight excluding hydrogens is 220 g/mol. The highest BCUT2D eigenvalue weighted by Crippen LogP contribution is 2.13. The van der Waals surface area contributed by atoms with Crippen molar-refractivity contribution in [2.75, 3.05) is 6.54 Å². The summed E-state index contributed by atoms with van der Waals surface area (Å²) in [4.78, 5) is 0. The molecule has 0 bridgehead atoms. The van der Waals surface area contributed by atoms with E-state index in [9.17, 15) is 0 Å². The number of nitrogens with two attached hydrogens (primary N) is 1. The Balaban J connectivity index is 2.62. The summed E-state index contributed by atoms with van der Waals surface area (Å²) in [5.74, 6) is 0. The van der Waals surface area contributed by atoms with Crippen LogP contribution in [0.3, 0.4) is 0 Å². The summed E-state index contributed by atoms with van der Waals surface area (Å²) in [5, 5.41) is 3.54. The zero-order valence-corrected chi connectivity index (χ0v) is 12.3. The van der Waals surface area contributed by atoms with Crippen LogP contribution in [0.5, 0.6) is 0 Å². The zero-order chi connectivity index (χ0) is 13.6. The number of unbranched alkanes of at least 4 members (excludes halogenated alkanes) is 1. The van der Waals surface area contributed by atoms with E-state index in [1.165, 1.54) is 23.1 Å². The molecule has 0 fully saturated rings. The van der Waals surface area contributed by atoms with Crippen molar-refractivity contribution in [3.63, 3.8) is 0 Å². The molecule has 0 amide bonds. The maximum atomic E-state index is 5.54. The van der Waals surface area contributed by atoms with E-state index in [0.717, 1.165) is 25.9 Å². The molecule has 0 spiro atoms. The molecule has 0 aliphatic carbocycles. The molecule has 0 radical (unpaired) electrons. The van der Waals surface area contributed by atoms with Crippen LogP contribution in [0.1, 0.15) is 50.3 Å². The van der Waals surface area contributed by atoms with E-state index < -0.39 is 0 Å². The van der Waals surface area contributed by atoms with Gasteiger partial charge >= 0.3 is 0 Å². The standard InChI is InChI=1S/C16H28N2/c1-13-9-14(7-5-6-8-17)11-15(10-13)12-18-16(2,3)4/h9-11,18H,5-8,12,17H2,1-4H3. The molecule has 102 valence electrons. The Morgan fingerprint density at radius 1 is 1.06 bits per heavy atom. The van der Waals surface area contributed by atoms with Gasteiger partial charge in [0.05, 0.1) is 0 Å². The molecule has 0 aliphatic rings. The second-order valence-electron chi connectivity index (χ2n) is 6.18. The van der Waals surface area contributed by atoms with E-state index in [0.29, 0.717) is 0 Å². The number of nitrogens with one attached hydrogen (secondary N) is 1. The molecule has 0 saturated heterocycles. The molecule has 0 aliphatic heterocycles. The molecule has 1 rings (SSSR count). The van der Waals surface area contributed by atoms with E-state index in [1.54, 1.807) is 0 Å². The van der Waals surface area contributed by atoms with Gasteiger partial charge in [-0.25, -0.2) is 0 Å². The lowest BCUT2D eigenvalue weighted by Crippen LogP contribution is -2.35. The van der Waals surface area contributed by atoms with Crippen molar-refractivity contribution in [2.24, 2.45) is 5.73 Å². The second kappa shape index (κ2) is 6.91. The van der Waals surface area contributed by atoms with Crippen LogP contribution < -0.4 is 11.1 Å². The van der Waals surface area contributed by atoms with Gasteiger partial charge in [0, 0.05) is 12.1 Å². The smallest absolute Gasteiger partial charge is 0.0210 e. The molecule has 3 N–H and O–H groups in total. The normalized spacial score (nSPS) is 11.8. The minimum Gasteiger partial charge on any atom is -0.330 e. The Hall–Kier alpha value is -0.860. The first-order chi connectivity index (χ1) is 8.40. The molecule has 0 aromatic heterocycles. The summed E-state index contributed by atoms with van der Waals surface area (Å²) >= 11 is 0. The van der Waals surface area contributed by atoms with Crippen molar-refractivity contribution in [1.29, 1.82) is 0 Å². The van der Waals surface area contributed by atoms with E-state index in [1.807, 2.05) is 0 Å². The molecule has 2 nitrogen and oxygen atoms in total. The predicted molar refractivity (Wildman–Crippen MR) is 79.8 cm³/mol. The van der Waals surface area contributed by atoms with Crippen LogP contribution >= 0.6 is 0 Å². The summed E-state index contributed by atoms with van der Waals surface area (Å²) < 4.78 is 0. The van der Waals surface area contributed by atoms with Crippen LogP contribution in [-0.4, -0.2) is 12.1 Å². The molecule has 0 atom stereocenters. The third-order valence-electron chi connectivity index (χ3n) is 2.94. The fourth-order valence-electron chi connectivity index (χ4n) is 2.04. The summed E-state index contributed by atoms with van der Waals surface area (Å²) in [6, 6.07) is 6.88. The SMILES string of the molecule is Cc1cc(CCCCN)cc(CNC(C)(C)C)c1. The summed E-state index contributed by atoms with van der Waals surface area (Å²) in [6.45, 7) is 10.5. The van der Waals surface area contributed by atoms with Crippen molar-refractivity contribution in [2.45, 2.75) is 59.0 Å². The van der Waals surface area contributed by atoms with E-state index >= 15 is 0 Å². The Kier molecular flexibility index (Phi) is 5.83. The van der Waals surface area contributed by atoms with Gasteiger partial charge in [-0.3, -0.25) is 0 Å². The van der Waals surface area contributed by atoms with Crippen molar-refractivity contribution in [3.05, 3.63) is 34.9 Å². The average molecular weight is 248 g/mol. The molecule has 0 heterocycles. The Bertz CT molecular complexity index is 364. The third-order valence-corrected chi connectivity index (χ3v) is 2.94. The highest BCUT2D eigenvalue weighted by atomic mass is 14.9. The molecule has 1 aromatic carbocycles. The maximum Gasteiger partial charge on any atom is 0.0210 e. The molecule has 18 heavy (non-hydrogen) atoms. The number of rotatable bonds is 6. The summed E-state index contributed by atoms with van der Waals surface area (Å²) in [5.41, 5.74) is 9.88. The number of aryl methyl sites for hydroxylation is 2. The van der Waals surface area contributed by atoms with Gasteiger partial charge in [-0.1, -0.05) is 23.8 Å². The van der Waals surface area contributed by atoms with Crippen LogP contribution in [0.4, 0.5) is 0 Å². The van der Waals surface area contributed by atoms with Crippen molar-refractivity contribution < 1.29 is 0 Å². The Labute approximate surface area is 112 Å². The average Bonchev–Trinajstić information content (AvgIpc) is 2.25. The van der Waals surface area contributed by atoms with Gasteiger partial charge in [0.15, 0.2) is 0 Å². The zero-order valence-electron chi connectivity index (χ0n) is 12.3. The van der Waals surface area contributed by atoms with E-state index in [2.05, 4.69) is 51.2 Å². The van der Waals surface area contributed by atoms with Gasteiger partial charge in [0.25, 0.3) is 0 Å². The van der Waals surface area contributed by atoms with Gasteiger partial charge < -0.3 is 11.1 Å². The highest BCUT2D eigenvalue weighted by Gasteiger charge is 2.08. The van der Waals surface area contributed by atoms with Gasteiger partial charge in [-0.05, 0) is 64.6 Å². The number of hydrogen-bond acceptors (Lipinski definition) is 2. The fourth-order valence-corrected chi connectivity index (χ4v) is 2.04. The summed E-state index contributed by atoms with van der Waals surface area (Å²) in [7, 11) is 0. The minimum absolute atomic E-state index is 0.170. The Morgan fingerprint density at radius 3 is 2.33 bits per heavy atom. The van der Waals surface area contributed by atoms with Gasteiger partial charge in [-0.15, -0.1) is 0 Å². The predicted octanol–water partition coefficient (Wildman–Crippen LogP) is 3.16. The highest BCUT2D eigenvalue weighted by molar-refractivity contribution is 5.29. The van der Waals surface area contributed by atoms with Gasteiger partial charge in [0.1, 0.15) is 0 Å². The first-order valence-corrected chi connectivity index (χ1v) is 6.95. The number of benzene rings is 1. The van der Waals surface area contributed by atoms with Crippen LogP contribution in [0, 0.1) is 6.92 Å². The first kappa shape index (κ1) is 15.2. The first-order valence-electron chi connectivity index (χ1n) is 6.95. The van der Waals surface area contributed by atoms with Crippen LogP contribution in [-0.2, 0) is 13.0 Å². The lowest BCUT2D eigenvalue weighted by Gasteiger charge is -2.21. The van der Waals surface area contributed by atoms with Gasteiger partial charge in [-0.2, -0.15) is 0 Å². The quantitative estimate of drug-likeness (QED) is 0.759. The van der Waals surface area contributed by atoms with Crippen molar-refractivity contribution in [3.8, 4) is 0 Å². The molecule has 2 heteroatoms. The van der Waals surface area contributed by atoms with E-state index in [4.69, 9.17) is 5.73 Å². The monoisotopic (exact) mass is 248 g/mol. The van der Waals surface area contributed by atoms with Crippen LogP contribution in [0.15, 0.2) is 18.2 Å². The molecule has 0 unspecified atom stereocenters. The molecule has 1 aromatic rings. The molecular formula is C16H28N2. The largest absolute Gasteiger partial charge is 0.330 e. The van der Waals surface area contributed by atoms with Gasteiger partial charge in [0.2, 0.25) is 0 Å². The fraction of sp³-hybridized carbons (Fsp3) is 0.625. The lowest BCUT2D eigenvalue weighted by molar-refractivity contribution is 0.424. The second-order valence-corrected chi connectivity index (χ2v) is 6.18. The van der Waals surface area contributed by atoms with Crippen molar-refractivity contribution in [1.82, 2.24) is 5.32 Å². The third kappa shape index (κ3) is 6.18. The van der Waals surface area contributed by atoms with Crippen LogP contribution in [0.25, 0.3) is 0 Å². The molecule has 0 saturated carbocycles. The van der Waals surface area contributed by atoms with E-state index in [-0.39, 0.29) is 5.54 Å². The lowest BCUT2D eigenvalue weighted by atomic mass is 10.0. The maximum absolute atomic E-state index is 5.54. The van der Waals surface area contributed by atoms with Crippen molar-refractivity contribution >= 4 is 0 Å². The number of hydrogen-bond donors (Lipinski definition) is 2. The topological polar surface area (TPSA) is 38.0 Å². The van der Waals surface area contributed by atoms with Crippen LogP contribution in [0.2, 0.25) is 0 Å². The minimum atomic E-state index is 0.170.